The number of hydrogen-bond acceptors (Lipinski definition) is 10. The molecule has 55 heavy (non-hydrogen) atoms. The summed E-state index contributed by atoms with van der Waals surface area (Å²) in [6.45, 7) is 4.62. The standard InChI is InChI=1S/C39H52N8O8/c1-25-19-33-38(52)55-23-31(43-34(48)30(20-27-9-4-3-5-10-27)44-39(53)42-28-13-15-40-16-14-28)36(50)46-18-8-12-32(46)37(51)45-17-7-6-11-29(45)22-54-24-41-26(2)35(49)47(33)21-25/h3-5,9-10,13-16,25-26,29-33,41H,6-8,11-12,17-24H2,1-2H3,(H,43,48)(H2,40,42,44,53)/t25-,26+,29+,30+,31+,32+,33+/m1/s1. The Morgan fingerprint density at radius 3 is 2.42 bits per heavy atom. The van der Waals surface area contributed by atoms with Crippen molar-refractivity contribution in [1.29, 1.82) is 0 Å². The van der Waals surface area contributed by atoms with Crippen LogP contribution in [0.2, 0.25) is 0 Å². The number of aromatic nitrogens is 1. The van der Waals surface area contributed by atoms with Crippen molar-refractivity contribution >= 4 is 41.3 Å². The predicted molar refractivity (Wildman–Crippen MR) is 200 cm³/mol. The number of fused-ring (bicyclic) bond motifs is 3. The first-order valence-electron chi connectivity index (χ1n) is 19.3. The molecular formula is C39H52N8O8. The Balaban J connectivity index is 1.28. The number of nitrogens with one attached hydrogen (secondary N) is 4. The quantitative estimate of drug-likeness (QED) is 0.313. The van der Waals surface area contributed by atoms with E-state index >= 15 is 0 Å². The van der Waals surface area contributed by atoms with Crippen molar-refractivity contribution < 1.29 is 38.2 Å². The van der Waals surface area contributed by atoms with Gasteiger partial charge in [0.05, 0.1) is 25.4 Å². The van der Waals surface area contributed by atoms with Crippen LogP contribution in [-0.4, -0.2) is 131 Å². The normalized spacial score (nSPS) is 27.5. The number of ether oxygens (including phenoxy) is 2. The molecule has 296 valence electrons. The lowest BCUT2D eigenvalue weighted by Gasteiger charge is -2.39. The molecular weight excluding hydrogens is 708 g/mol. The van der Waals surface area contributed by atoms with Gasteiger partial charge in [-0.1, -0.05) is 37.3 Å². The highest BCUT2D eigenvalue weighted by Gasteiger charge is 2.44. The Labute approximate surface area is 321 Å². The molecule has 0 saturated carbocycles. The average molecular weight is 761 g/mol. The van der Waals surface area contributed by atoms with Crippen LogP contribution in [0.3, 0.4) is 0 Å². The van der Waals surface area contributed by atoms with Crippen LogP contribution in [0.15, 0.2) is 54.9 Å². The summed E-state index contributed by atoms with van der Waals surface area (Å²) in [6.07, 6.45) is 7.00. The number of carbonyl (C=O) groups excluding carboxylic acids is 6. The largest absolute Gasteiger partial charge is 0.461 e. The molecule has 16 heteroatoms. The Hall–Kier alpha value is -5.09. The number of anilines is 1. The minimum Gasteiger partial charge on any atom is -0.461 e. The summed E-state index contributed by atoms with van der Waals surface area (Å²) in [4.78, 5) is 92.1. The number of esters is 1. The minimum atomic E-state index is -1.39. The van der Waals surface area contributed by atoms with Gasteiger partial charge in [-0.15, -0.1) is 0 Å². The molecule has 0 unspecified atom stereocenters. The van der Waals surface area contributed by atoms with Gasteiger partial charge in [0.2, 0.25) is 23.6 Å². The molecule has 6 amide bonds. The van der Waals surface area contributed by atoms with Crippen molar-refractivity contribution in [3.8, 4) is 0 Å². The lowest BCUT2D eigenvalue weighted by Crippen LogP contribution is -2.60. The number of hydrogen-bond donors (Lipinski definition) is 4. The molecule has 1 aromatic heterocycles. The summed E-state index contributed by atoms with van der Waals surface area (Å²) in [5, 5.41) is 11.3. The number of cyclic esters (lactones) is 1. The van der Waals surface area contributed by atoms with Crippen LogP contribution in [0.1, 0.15) is 57.9 Å². The van der Waals surface area contributed by atoms with Crippen molar-refractivity contribution in [1.82, 2.24) is 35.6 Å². The maximum Gasteiger partial charge on any atom is 0.328 e. The van der Waals surface area contributed by atoms with Crippen LogP contribution in [0, 0.1) is 5.92 Å². The van der Waals surface area contributed by atoms with E-state index in [0.717, 1.165) is 24.8 Å². The lowest BCUT2D eigenvalue weighted by atomic mass is 10.0. The van der Waals surface area contributed by atoms with Gasteiger partial charge in [0, 0.05) is 44.1 Å². The molecule has 0 spiro atoms. The van der Waals surface area contributed by atoms with Gasteiger partial charge in [0.15, 0.2) is 0 Å². The predicted octanol–water partition coefficient (Wildman–Crippen LogP) is 1.42. The summed E-state index contributed by atoms with van der Waals surface area (Å²) in [5.74, 6) is -2.42. The highest BCUT2D eigenvalue weighted by Crippen LogP contribution is 2.27. The zero-order valence-corrected chi connectivity index (χ0v) is 31.5. The van der Waals surface area contributed by atoms with Gasteiger partial charge >= 0.3 is 12.0 Å². The highest BCUT2D eigenvalue weighted by atomic mass is 16.5. The van der Waals surface area contributed by atoms with Gasteiger partial charge in [-0.2, -0.15) is 0 Å². The fourth-order valence-corrected chi connectivity index (χ4v) is 7.90. The smallest absolute Gasteiger partial charge is 0.328 e. The number of carbonyl (C=O) groups is 6. The van der Waals surface area contributed by atoms with E-state index in [2.05, 4.69) is 26.3 Å². The fraction of sp³-hybridized carbons (Fsp3) is 0.564. The third-order valence-electron chi connectivity index (χ3n) is 10.8. The van der Waals surface area contributed by atoms with E-state index in [9.17, 15) is 28.8 Å². The van der Waals surface area contributed by atoms with Crippen LogP contribution in [0.4, 0.5) is 10.5 Å². The molecule has 6 rings (SSSR count). The number of piperidine rings is 1. The van der Waals surface area contributed by atoms with E-state index in [-0.39, 0.29) is 50.1 Å². The maximum atomic E-state index is 14.5. The topological polar surface area (TPSA) is 192 Å². The summed E-state index contributed by atoms with van der Waals surface area (Å²) in [6, 6.07) is 6.59. The Morgan fingerprint density at radius 1 is 0.873 bits per heavy atom. The minimum absolute atomic E-state index is 0.0213. The van der Waals surface area contributed by atoms with Crippen molar-refractivity contribution in [2.45, 2.75) is 95.0 Å². The first kappa shape index (κ1) is 39.6. The van der Waals surface area contributed by atoms with E-state index in [1.807, 2.05) is 37.3 Å². The van der Waals surface area contributed by atoms with Crippen molar-refractivity contribution in [2.24, 2.45) is 5.92 Å². The van der Waals surface area contributed by atoms with Gasteiger partial charge in [-0.05, 0) is 69.1 Å². The van der Waals surface area contributed by atoms with E-state index in [1.165, 1.54) is 22.2 Å². The molecule has 0 radical (unpaired) electrons. The lowest BCUT2D eigenvalue weighted by molar-refractivity contribution is -0.157. The van der Waals surface area contributed by atoms with Crippen LogP contribution < -0.4 is 21.3 Å². The number of benzene rings is 1. The number of nitrogens with zero attached hydrogens (tertiary/aromatic N) is 4. The first-order chi connectivity index (χ1) is 26.6. The molecule has 16 nitrogen and oxygen atoms in total. The van der Waals surface area contributed by atoms with Crippen LogP contribution in [0.25, 0.3) is 0 Å². The maximum absolute atomic E-state index is 14.5. The number of rotatable bonds is 6. The Kier molecular flexibility index (Phi) is 13.3. The molecule has 4 aliphatic heterocycles. The summed E-state index contributed by atoms with van der Waals surface area (Å²) >= 11 is 0. The molecule has 4 aliphatic rings. The van der Waals surface area contributed by atoms with E-state index in [4.69, 9.17) is 9.47 Å². The van der Waals surface area contributed by atoms with Crippen molar-refractivity contribution in [2.75, 3.05) is 44.9 Å². The highest BCUT2D eigenvalue weighted by molar-refractivity contribution is 5.97. The second kappa shape index (κ2) is 18.5. The number of urea groups is 1. The third kappa shape index (κ3) is 9.97. The zero-order chi connectivity index (χ0) is 38.9. The second-order valence-corrected chi connectivity index (χ2v) is 14.9. The van der Waals surface area contributed by atoms with E-state index in [0.29, 0.717) is 38.0 Å². The summed E-state index contributed by atoms with van der Waals surface area (Å²) < 4.78 is 11.8. The Bertz CT molecular complexity index is 1680. The van der Waals surface area contributed by atoms with Crippen molar-refractivity contribution in [3.63, 3.8) is 0 Å². The molecule has 1 aromatic carbocycles. The van der Waals surface area contributed by atoms with Crippen LogP contribution >= 0.6 is 0 Å². The van der Waals surface area contributed by atoms with E-state index in [1.54, 1.807) is 24.0 Å². The molecule has 4 saturated heterocycles. The van der Waals surface area contributed by atoms with Gasteiger partial charge in [0.1, 0.15) is 30.8 Å². The molecule has 0 aliphatic carbocycles. The van der Waals surface area contributed by atoms with E-state index < -0.39 is 60.6 Å². The molecule has 4 N–H and O–H groups in total. The fourth-order valence-electron chi connectivity index (χ4n) is 7.90. The summed E-state index contributed by atoms with van der Waals surface area (Å²) in [7, 11) is 0. The van der Waals surface area contributed by atoms with Crippen LogP contribution in [-0.2, 0) is 39.9 Å². The molecule has 5 heterocycles. The summed E-state index contributed by atoms with van der Waals surface area (Å²) in [5.41, 5.74) is 1.21. The zero-order valence-electron chi connectivity index (χ0n) is 31.5. The van der Waals surface area contributed by atoms with Gasteiger partial charge in [-0.25, -0.2) is 9.59 Å². The van der Waals surface area contributed by atoms with Gasteiger partial charge in [-0.3, -0.25) is 29.5 Å². The number of amides is 6. The first-order valence-corrected chi connectivity index (χ1v) is 19.3. The molecule has 2 aromatic rings. The van der Waals surface area contributed by atoms with Crippen molar-refractivity contribution in [3.05, 3.63) is 60.4 Å². The molecule has 4 fully saturated rings. The monoisotopic (exact) mass is 760 g/mol. The second-order valence-electron chi connectivity index (χ2n) is 14.9. The molecule has 0 bridgehead atoms. The number of pyridine rings is 1. The van der Waals surface area contributed by atoms with Crippen LogP contribution in [0.5, 0.6) is 0 Å². The Morgan fingerprint density at radius 2 is 1.64 bits per heavy atom. The third-order valence-corrected chi connectivity index (χ3v) is 10.8. The van der Waals surface area contributed by atoms with Gasteiger partial charge < -0.3 is 40.1 Å². The molecule has 7 atom stereocenters. The SMILES string of the molecule is C[C@@H]1C[C@H]2C(=O)OC[C@H](NC(=O)[C@H](Cc3ccccc3)NC(=O)Nc3ccncc3)C(=O)N3CCC[C@H]3C(=O)N3CCCC[C@H]3COCN[C@@H](C)C(=O)N2C1. The average Bonchev–Trinajstić information content (AvgIpc) is 3.84. The van der Waals surface area contributed by atoms with Gasteiger partial charge in [0.25, 0.3) is 0 Å².